The van der Waals surface area contributed by atoms with Crippen molar-refractivity contribution in [2.24, 2.45) is 0 Å². The number of aromatic nitrogens is 2. The molecular formula is C11H11N3O2S. The molecule has 0 saturated carbocycles. The Labute approximate surface area is 102 Å². The maximum Gasteiger partial charge on any atom is 0.285 e. The van der Waals surface area contributed by atoms with Gasteiger partial charge in [0.25, 0.3) is 5.69 Å². The molecule has 1 aromatic carbocycles. The Morgan fingerprint density at radius 2 is 2.00 bits per heavy atom. The van der Waals surface area contributed by atoms with Crippen LogP contribution in [0.1, 0.15) is 13.8 Å². The van der Waals surface area contributed by atoms with Crippen molar-refractivity contribution >= 4 is 28.5 Å². The molecule has 88 valence electrons. The van der Waals surface area contributed by atoms with Crippen LogP contribution in [0.25, 0.3) is 11.0 Å². The lowest BCUT2D eigenvalue weighted by Crippen LogP contribution is -1.96. The summed E-state index contributed by atoms with van der Waals surface area (Å²) in [6.45, 7) is 3.98. The zero-order valence-corrected chi connectivity index (χ0v) is 10.3. The highest BCUT2D eigenvalue weighted by Gasteiger charge is 2.19. The first-order valence-corrected chi connectivity index (χ1v) is 6.02. The van der Waals surface area contributed by atoms with Crippen LogP contribution in [0.15, 0.2) is 29.4 Å². The summed E-state index contributed by atoms with van der Waals surface area (Å²) in [5.74, 6) is 0. The number of benzene rings is 1. The Morgan fingerprint density at radius 1 is 1.29 bits per heavy atom. The first-order chi connectivity index (χ1) is 8.09. The van der Waals surface area contributed by atoms with E-state index in [0.717, 1.165) is 0 Å². The summed E-state index contributed by atoms with van der Waals surface area (Å²) >= 11 is 1.44. The molecule has 0 amide bonds. The molecule has 0 aliphatic carbocycles. The molecule has 5 nitrogen and oxygen atoms in total. The third kappa shape index (κ3) is 2.36. The van der Waals surface area contributed by atoms with Crippen LogP contribution >= 0.6 is 11.8 Å². The van der Waals surface area contributed by atoms with E-state index in [-0.39, 0.29) is 15.9 Å². The molecule has 6 heteroatoms. The monoisotopic (exact) mass is 249 g/mol. The van der Waals surface area contributed by atoms with Gasteiger partial charge >= 0.3 is 0 Å². The average molecular weight is 249 g/mol. The zero-order chi connectivity index (χ0) is 12.4. The maximum atomic E-state index is 11.0. The van der Waals surface area contributed by atoms with Gasteiger partial charge in [0.2, 0.25) is 0 Å². The number of hydrogen-bond donors (Lipinski definition) is 0. The molecule has 0 fully saturated rings. The van der Waals surface area contributed by atoms with Gasteiger partial charge in [0.1, 0.15) is 10.4 Å². The summed E-state index contributed by atoms with van der Waals surface area (Å²) in [5.41, 5.74) is 1.37. The molecule has 0 aliphatic rings. The molecule has 0 bridgehead atoms. The zero-order valence-electron chi connectivity index (χ0n) is 9.45. The summed E-state index contributed by atoms with van der Waals surface area (Å²) < 4.78 is 0. The third-order valence-electron chi connectivity index (χ3n) is 2.12. The molecule has 1 heterocycles. The summed E-state index contributed by atoms with van der Waals surface area (Å²) in [6, 6.07) is 3.12. The molecule has 0 radical (unpaired) electrons. The van der Waals surface area contributed by atoms with Gasteiger partial charge in [-0.2, -0.15) is 0 Å². The SMILES string of the molecule is CC(C)Sc1c([N+](=O)[O-])ccc2nccnc12. The van der Waals surface area contributed by atoms with Crippen molar-refractivity contribution in [3.05, 3.63) is 34.6 Å². The topological polar surface area (TPSA) is 68.9 Å². The van der Waals surface area contributed by atoms with Crippen LogP contribution in [0.3, 0.4) is 0 Å². The second kappa shape index (κ2) is 4.67. The lowest BCUT2D eigenvalue weighted by Gasteiger charge is -2.07. The summed E-state index contributed by atoms with van der Waals surface area (Å²) in [4.78, 5) is 19.5. The highest BCUT2D eigenvalue weighted by Crippen LogP contribution is 2.36. The first kappa shape index (κ1) is 11.8. The van der Waals surface area contributed by atoms with Crippen molar-refractivity contribution in [1.29, 1.82) is 0 Å². The van der Waals surface area contributed by atoms with E-state index in [0.29, 0.717) is 15.9 Å². The quantitative estimate of drug-likeness (QED) is 0.475. The first-order valence-electron chi connectivity index (χ1n) is 5.14. The molecule has 2 aromatic rings. The fraction of sp³-hybridized carbons (Fsp3) is 0.273. The molecule has 1 aromatic heterocycles. The Balaban J connectivity index is 2.70. The molecule has 0 N–H and O–H groups in total. The smallest absolute Gasteiger partial charge is 0.258 e. The number of thioether (sulfide) groups is 1. The van der Waals surface area contributed by atoms with Crippen LogP contribution in [0, 0.1) is 10.1 Å². The molecular weight excluding hydrogens is 238 g/mol. The Morgan fingerprint density at radius 3 is 2.65 bits per heavy atom. The van der Waals surface area contributed by atoms with Gasteiger partial charge in [-0.1, -0.05) is 13.8 Å². The second-order valence-electron chi connectivity index (χ2n) is 3.76. The molecule has 2 rings (SSSR count). The minimum absolute atomic E-state index is 0.0942. The van der Waals surface area contributed by atoms with Gasteiger partial charge in [0.05, 0.1) is 10.4 Å². The van der Waals surface area contributed by atoms with Crippen LogP contribution in [-0.2, 0) is 0 Å². The average Bonchev–Trinajstić information content (AvgIpc) is 2.28. The number of nitro groups is 1. The third-order valence-corrected chi connectivity index (χ3v) is 3.23. The van der Waals surface area contributed by atoms with Crippen LogP contribution in [0.4, 0.5) is 5.69 Å². The van der Waals surface area contributed by atoms with Crippen molar-refractivity contribution in [3.63, 3.8) is 0 Å². The van der Waals surface area contributed by atoms with Crippen molar-refractivity contribution in [2.75, 3.05) is 0 Å². The van der Waals surface area contributed by atoms with Crippen molar-refractivity contribution in [1.82, 2.24) is 9.97 Å². The van der Waals surface area contributed by atoms with Crippen molar-refractivity contribution in [3.8, 4) is 0 Å². The van der Waals surface area contributed by atoms with Gasteiger partial charge < -0.3 is 0 Å². The normalized spacial score (nSPS) is 11.0. The van der Waals surface area contributed by atoms with Crippen LogP contribution in [0.5, 0.6) is 0 Å². The predicted octanol–water partition coefficient (Wildman–Crippen LogP) is 3.04. The van der Waals surface area contributed by atoms with E-state index >= 15 is 0 Å². The van der Waals surface area contributed by atoms with E-state index in [1.54, 1.807) is 18.5 Å². The van der Waals surface area contributed by atoms with Crippen LogP contribution in [0.2, 0.25) is 0 Å². The number of hydrogen-bond acceptors (Lipinski definition) is 5. The lowest BCUT2D eigenvalue weighted by atomic mass is 10.2. The number of rotatable bonds is 3. The van der Waals surface area contributed by atoms with Gasteiger partial charge in [-0.15, -0.1) is 11.8 Å². The van der Waals surface area contributed by atoms with Crippen molar-refractivity contribution in [2.45, 2.75) is 24.0 Å². The number of fused-ring (bicyclic) bond motifs is 1. The molecule has 17 heavy (non-hydrogen) atoms. The maximum absolute atomic E-state index is 11.0. The highest BCUT2D eigenvalue weighted by molar-refractivity contribution is 8.00. The van der Waals surface area contributed by atoms with Crippen LogP contribution < -0.4 is 0 Å². The van der Waals surface area contributed by atoms with Gasteiger partial charge in [-0.3, -0.25) is 20.1 Å². The van der Waals surface area contributed by atoms with E-state index in [2.05, 4.69) is 9.97 Å². The van der Waals surface area contributed by atoms with E-state index < -0.39 is 0 Å². The summed E-state index contributed by atoms with van der Waals surface area (Å²) in [6.07, 6.45) is 3.13. The van der Waals surface area contributed by atoms with Gasteiger partial charge in [0.15, 0.2) is 0 Å². The number of nitrogens with zero attached hydrogens (tertiary/aromatic N) is 3. The molecule has 0 aliphatic heterocycles. The predicted molar refractivity (Wildman–Crippen MR) is 67.2 cm³/mol. The standard InChI is InChI=1S/C11H11N3O2S/c1-7(2)17-11-9(14(15)16)4-3-8-10(11)13-6-5-12-8/h3-7H,1-2H3. The lowest BCUT2D eigenvalue weighted by molar-refractivity contribution is -0.387. The van der Waals surface area contributed by atoms with E-state index in [9.17, 15) is 10.1 Å². The Bertz CT molecular complexity index is 572. The number of nitro benzene ring substituents is 1. The summed E-state index contributed by atoms with van der Waals surface area (Å²) in [5, 5.41) is 11.2. The Kier molecular flexibility index (Phi) is 3.23. The molecule has 0 spiro atoms. The largest absolute Gasteiger partial charge is 0.285 e. The van der Waals surface area contributed by atoms with Gasteiger partial charge in [-0.05, 0) is 6.07 Å². The minimum Gasteiger partial charge on any atom is -0.258 e. The fourth-order valence-electron chi connectivity index (χ4n) is 1.50. The molecule has 0 unspecified atom stereocenters. The highest BCUT2D eigenvalue weighted by atomic mass is 32.2. The van der Waals surface area contributed by atoms with E-state index in [1.807, 2.05) is 13.8 Å². The van der Waals surface area contributed by atoms with E-state index in [1.165, 1.54) is 17.8 Å². The fourth-order valence-corrected chi connectivity index (χ4v) is 2.50. The van der Waals surface area contributed by atoms with Gasteiger partial charge in [-0.25, -0.2) is 0 Å². The van der Waals surface area contributed by atoms with E-state index in [4.69, 9.17) is 0 Å². The molecule has 0 atom stereocenters. The minimum atomic E-state index is -0.376. The second-order valence-corrected chi connectivity index (χ2v) is 5.35. The van der Waals surface area contributed by atoms with Crippen molar-refractivity contribution < 1.29 is 4.92 Å². The summed E-state index contributed by atoms with van der Waals surface area (Å²) in [7, 11) is 0. The Hall–Kier alpha value is -1.69. The molecule has 0 saturated heterocycles. The van der Waals surface area contributed by atoms with Crippen LogP contribution in [-0.4, -0.2) is 20.1 Å². The van der Waals surface area contributed by atoms with Gasteiger partial charge in [0, 0.05) is 23.7 Å².